The van der Waals surface area contributed by atoms with Gasteiger partial charge in [-0.05, 0) is 117 Å². The average Bonchev–Trinajstić information content (AvgIpc) is 3.34. The van der Waals surface area contributed by atoms with Crippen LogP contribution in [0.2, 0.25) is 0 Å². The van der Waals surface area contributed by atoms with Crippen molar-refractivity contribution in [2.75, 3.05) is 0 Å². The maximum absolute atomic E-state index is 11.9. The second-order valence-electron chi connectivity index (χ2n) is 21.3. The fourth-order valence-electron chi connectivity index (χ4n) is 10.0. The molecular formula is C64H78N2O4. The summed E-state index contributed by atoms with van der Waals surface area (Å²) in [7, 11) is 0. The maximum Gasteiger partial charge on any atom is 0.132 e. The van der Waals surface area contributed by atoms with E-state index in [-0.39, 0.29) is 23.6 Å². The van der Waals surface area contributed by atoms with Crippen LogP contribution in [-0.2, 0) is 13.2 Å². The largest absolute Gasteiger partial charge is 0.507 e. The molecule has 6 aromatic carbocycles. The number of para-hydroxylation sites is 4. The molecule has 1 aliphatic carbocycles. The van der Waals surface area contributed by atoms with E-state index in [9.17, 15) is 10.2 Å². The second kappa shape index (κ2) is 23.2. The molecular weight excluding hydrogens is 861 g/mol. The van der Waals surface area contributed by atoms with Crippen LogP contribution in [0.4, 0.5) is 0 Å². The van der Waals surface area contributed by atoms with Crippen LogP contribution in [0.15, 0.2) is 119 Å². The van der Waals surface area contributed by atoms with Crippen LogP contribution in [0.25, 0.3) is 22.3 Å². The molecule has 0 aromatic heterocycles. The number of ether oxygens (including phenoxy) is 2. The quantitative estimate of drug-likeness (QED) is 0.0841. The van der Waals surface area contributed by atoms with Crippen LogP contribution in [-0.4, -0.2) is 34.7 Å². The lowest BCUT2D eigenvalue weighted by molar-refractivity contribution is 0.303. The van der Waals surface area contributed by atoms with Crippen molar-refractivity contribution < 1.29 is 19.7 Å². The van der Waals surface area contributed by atoms with Gasteiger partial charge in [0.1, 0.15) is 36.2 Å². The average molecular weight is 939 g/mol. The minimum Gasteiger partial charge on any atom is -0.507 e. The summed E-state index contributed by atoms with van der Waals surface area (Å²) >= 11 is 0. The van der Waals surface area contributed by atoms with Crippen LogP contribution in [0.5, 0.6) is 23.0 Å². The van der Waals surface area contributed by atoms with Crippen molar-refractivity contribution >= 4 is 12.4 Å². The van der Waals surface area contributed by atoms with Crippen molar-refractivity contribution in [1.29, 1.82) is 0 Å². The Bertz CT molecular complexity index is 2540. The molecule has 6 heteroatoms. The van der Waals surface area contributed by atoms with Gasteiger partial charge in [0.25, 0.3) is 0 Å². The van der Waals surface area contributed by atoms with E-state index in [2.05, 4.69) is 107 Å². The van der Waals surface area contributed by atoms with Crippen molar-refractivity contribution in [1.82, 2.24) is 0 Å². The van der Waals surface area contributed by atoms with E-state index >= 15 is 0 Å². The molecule has 0 heterocycles. The van der Waals surface area contributed by atoms with Gasteiger partial charge >= 0.3 is 0 Å². The zero-order valence-corrected chi connectivity index (χ0v) is 44.0. The number of phenolic OH excluding ortho intramolecular Hbond substituents is 2. The van der Waals surface area contributed by atoms with E-state index in [0.29, 0.717) is 71.0 Å². The van der Waals surface area contributed by atoms with Gasteiger partial charge in [-0.15, -0.1) is 0 Å². The van der Waals surface area contributed by atoms with Crippen molar-refractivity contribution in [3.05, 3.63) is 165 Å². The van der Waals surface area contributed by atoms with Crippen molar-refractivity contribution in [2.45, 2.75) is 170 Å². The SMILES string of the molecule is CC(C)c1cc(C(C)C)c(COc2ccccc2-c2cccc(C=NC3CCCC[C@H]3N=Cc3cccc(-c4ccccc4OCc4c(C(C)C)cc(C(C)C)cc4C(C)C)c3O)c2O)c(C(C)C)c1. The molecule has 2 N–H and O–H groups in total. The van der Waals surface area contributed by atoms with Crippen LogP contribution >= 0.6 is 0 Å². The van der Waals surface area contributed by atoms with E-state index in [1.165, 1.54) is 44.5 Å². The molecule has 1 saturated carbocycles. The first-order valence-electron chi connectivity index (χ1n) is 26.0. The number of benzene rings is 6. The Morgan fingerprint density at radius 3 is 1.10 bits per heavy atom. The predicted octanol–water partition coefficient (Wildman–Crippen LogP) is 17.2. The molecule has 6 aromatic rings. The fraction of sp³-hybridized carbons (Fsp3) is 0.406. The van der Waals surface area contributed by atoms with Gasteiger partial charge in [0.15, 0.2) is 0 Å². The van der Waals surface area contributed by atoms with Crippen molar-refractivity contribution in [3.63, 3.8) is 0 Å². The van der Waals surface area contributed by atoms with E-state index in [0.717, 1.165) is 48.3 Å². The molecule has 0 radical (unpaired) electrons. The summed E-state index contributed by atoms with van der Waals surface area (Å²) < 4.78 is 13.4. The van der Waals surface area contributed by atoms with Gasteiger partial charge < -0.3 is 19.7 Å². The van der Waals surface area contributed by atoms with Gasteiger partial charge in [0, 0.05) is 45.8 Å². The third-order valence-corrected chi connectivity index (χ3v) is 14.2. The highest BCUT2D eigenvalue weighted by Crippen LogP contribution is 2.41. The Labute approximate surface area is 420 Å². The summed E-state index contributed by atoms with van der Waals surface area (Å²) in [6.07, 6.45) is 7.50. The zero-order chi connectivity index (χ0) is 50.2. The van der Waals surface area contributed by atoms with Crippen LogP contribution < -0.4 is 9.47 Å². The number of hydrogen-bond acceptors (Lipinski definition) is 6. The summed E-state index contributed by atoms with van der Waals surface area (Å²) in [5, 5.41) is 23.7. The summed E-state index contributed by atoms with van der Waals surface area (Å²) in [6, 6.07) is 36.9. The lowest BCUT2D eigenvalue weighted by atomic mass is 9.85. The van der Waals surface area contributed by atoms with E-state index in [1.807, 2.05) is 97.4 Å². The van der Waals surface area contributed by atoms with Gasteiger partial charge in [0.2, 0.25) is 0 Å². The standard InChI is InChI=1S/C64H78N2O4/c1-39(2)47-31-53(41(5)6)57(54(32-47)42(7)8)37-69-61-29-17-13-23-49(61)51-25-19-21-45(63(51)67)35-65-59-27-15-16-28-60(59)66-36-46-22-20-26-52(64(46)68)50-24-14-18-30-62(50)70-38-58-55(43(9)10)33-48(40(3)4)34-56(58)44(11)12/h13-14,17-26,29-36,39-44,59-60,67-68H,15-16,27-28,37-38H2,1-12H3/t59-,60?/m1/s1. The molecule has 6 nitrogen and oxygen atoms in total. The molecule has 1 fully saturated rings. The molecule has 0 saturated heterocycles. The second-order valence-corrected chi connectivity index (χ2v) is 21.3. The number of hydrogen-bond donors (Lipinski definition) is 2. The molecule has 0 amide bonds. The van der Waals surface area contributed by atoms with Crippen molar-refractivity contribution in [2.24, 2.45) is 9.98 Å². The van der Waals surface area contributed by atoms with Crippen LogP contribution in [0.3, 0.4) is 0 Å². The Kier molecular flexibility index (Phi) is 17.1. The third kappa shape index (κ3) is 11.9. The monoisotopic (exact) mass is 939 g/mol. The molecule has 0 bridgehead atoms. The molecule has 2 atom stereocenters. The summed E-state index contributed by atoms with van der Waals surface area (Å²) in [4.78, 5) is 10.2. The first-order chi connectivity index (χ1) is 33.5. The Hall–Kier alpha value is -6.14. The lowest BCUT2D eigenvalue weighted by Crippen LogP contribution is -2.27. The van der Waals surface area contributed by atoms with E-state index in [1.54, 1.807) is 0 Å². The number of aromatic hydroxyl groups is 2. The first kappa shape index (κ1) is 51.7. The highest BCUT2D eigenvalue weighted by atomic mass is 16.5. The maximum atomic E-state index is 11.9. The lowest BCUT2D eigenvalue weighted by Gasteiger charge is -2.25. The Balaban J connectivity index is 1.10. The number of rotatable bonds is 18. The van der Waals surface area contributed by atoms with Crippen LogP contribution in [0, 0.1) is 0 Å². The number of nitrogens with zero attached hydrogens (tertiary/aromatic N) is 2. The minimum absolute atomic E-state index is 0.0726. The molecule has 0 spiro atoms. The van der Waals surface area contributed by atoms with E-state index in [4.69, 9.17) is 19.5 Å². The smallest absolute Gasteiger partial charge is 0.132 e. The molecule has 1 unspecified atom stereocenters. The van der Waals surface area contributed by atoms with Gasteiger partial charge in [-0.2, -0.15) is 0 Å². The first-order valence-corrected chi connectivity index (χ1v) is 26.0. The molecule has 7 rings (SSSR count). The summed E-state index contributed by atoms with van der Waals surface area (Å²) in [5.41, 5.74) is 14.9. The number of aliphatic imine (C=N–C) groups is 2. The van der Waals surface area contributed by atoms with Crippen LogP contribution in [0.1, 0.15) is 200 Å². The van der Waals surface area contributed by atoms with Gasteiger partial charge in [-0.1, -0.05) is 181 Å². The van der Waals surface area contributed by atoms with Gasteiger partial charge in [-0.25, -0.2) is 0 Å². The van der Waals surface area contributed by atoms with Gasteiger partial charge in [-0.3, -0.25) is 9.98 Å². The third-order valence-electron chi connectivity index (χ3n) is 14.2. The normalized spacial score (nSPS) is 15.5. The topological polar surface area (TPSA) is 83.6 Å². The van der Waals surface area contributed by atoms with Crippen molar-refractivity contribution in [3.8, 4) is 45.3 Å². The molecule has 70 heavy (non-hydrogen) atoms. The Morgan fingerprint density at radius 2 is 0.771 bits per heavy atom. The van der Waals surface area contributed by atoms with E-state index < -0.39 is 0 Å². The Morgan fingerprint density at radius 1 is 0.443 bits per heavy atom. The zero-order valence-electron chi connectivity index (χ0n) is 44.0. The molecule has 0 aliphatic heterocycles. The predicted molar refractivity (Wildman–Crippen MR) is 294 cm³/mol. The minimum atomic E-state index is -0.0726. The summed E-state index contributed by atoms with van der Waals surface area (Å²) in [6.45, 7) is 28.0. The van der Waals surface area contributed by atoms with Gasteiger partial charge in [0.05, 0.1) is 12.1 Å². The fourth-order valence-corrected chi connectivity index (χ4v) is 10.0. The molecule has 368 valence electrons. The number of phenols is 2. The highest BCUT2D eigenvalue weighted by molar-refractivity contribution is 5.91. The molecule has 1 aliphatic rings. The summed E-state index contributed by atoms with van der Waals surface area (Å²) in [5.74, 6) is 4.08. The highest BCUT2D eigenvalue weighted by Gasteiger charge is 2.25.